The number of amides is 1. The molecule has 0 bridgehead atoms. The van der Waals surface area contributed by atoms with Crippen LogP contribution in [0.5, 0.6) is 5.75 Å². The number of carbonyl (C=O) groups is 2. The SMILES string of the molecule is CCCC1SCC(C(=O)O)N1C(=O)Cc1ccc(O)cc1. The maximum Gasteiger partial charge on any atom is 0.327 e. The lowest BCUT2D eigenvalue weighted by Gasteiger charge is -2.27. The standard InChI is InChI=1S/C15H19NO4S/c1-2-3-14-16(12(9-21-14)15(19)20)13(18)8-10-4-6-11(17)7-5-10/h4-7,12,14,17H,2-3,8-9H2,1H3,(H,19,20). The van der Waals surface area contributed by atoms with E-state index in [0.29, 0.717) is 5.75 Å². The number of rotatable bonds is 5. The Bertz CT molecular complexity index is 517. The van der Waals surface area contributed by atoms with E-state index in [1.807, 2.05) is 6.92 Å². The largest absolute Gasteiger partial charge is 0.508 e. The zero-order chi connectivity index (χ0) is 15.4. The monoisotopic (exact) mass is 309 g/mol. The van der Waals surface area contributed by atoms with Crippen molar-refractivity contribution in [1.29, 1.82) is 0 Å². The lowest BCUT2D eigenvalue weighted by Crippen LogP contribution is -2.46. The molecule has 2 rings (SSSR count). The Hall–Kier alpha value is -1.69. The lowest BCUT2D eigenvalue weighted by atomic mass is 10.1. The van der Waals surface area contributed by atoms with Gasteiger partial charge in [-0.05, 0) is 24.1 Å². The maximum absolute atomic E-state index is 12.5. The molecule has 2 N–H and O–H groups in total. The molecule has 0 aromatic heterocycles. The van der Waals surface area contributed by atoms with E-state index in [1.165, 1.54) is 28.8 Å². The third-order valence-corrected chi connectivity index (χ3v) is 4.85. The van der Waals surface area contributed by atoms with Crippen molar-refractivity contribution < 1.29 is 19.8 Å². The Kier molecular flexibility index (Phi) is 5.12. The Balaban J connectivity index is 2.12. The number of benzene rings is 1. The molecule has 0 spiro atoms. The smallest absolute Gasteiger partial charge is 0.327 e. The van der Waals surface area contributed by atoms with Gasteiger partial charge in [-0.25, -0.2) is 4.79 Å². The van der Waals surface area contributed by atoms with Gasteiger partial charge in [-0.15, -0.1) is 11.8 Å². The van der Waals surface area contributed by atoms with Crippen LogP contribution in [0.1, 0.15) is 25.3 Å². The van der Waals surface area contributed by atoms with Crippen LogP contribution in [0.4, 0.5) is 0 Å². The van der Waals surface area contributed by atoms with Gasteiger partial charge in [0.25, 0.3) is 0 Å². The molecule has 6 heteroatoms. The summed E-state index contributed by atoms with van der Waals surface area (Å²) >= 11 is 1.54. The predicted molar refractivity (Wildman–Crippen MR) is 81.2 cm³/mol. The number of phenolic OH excluding ortho intramolecular Hbond substituents is 1. The van der Waals surface area contributed by atoms with Gasteiger partial charge in [-0.3, -0.25) is 4.79 Å². The lowest BCUT2D eigenvalue weighted by molar-refractivity contribution is -0.148. The molecule has 1 aromatic rings. The normalized spacial score (nSPS) is 21.5. The maximum atomic E-state index is 12.5. The number of carbonyl (C=O) groups excluding carboxylic acids is 1. The minimum atomic E-state index is -0.944. The van der Waals surface area contributed by atoms with Crippen molar-refractivity contribution in [1.82, 2.24) is 4.90 Å². The Labute approximate surface area is 128 Å². The number of thioether (sulfide) groups is 1. The molecule has 1 aromatic carbocycles. The molecular weight excluding hydrogens is 290 g/mol. The summed E-state index contributed by atoms with van der Waals surface area (Å²) in [6, 6.07) is 5.68. The van der Waals surface area contributed by atoms with Gasteiger partial charge in [0.2, 0.25) is 5.91 Å². The van der Waals surface area contributed by atoms with E-state index in [4.69, 9.17) is 0 Å². The van der Waals surface area contributed by atoms with Crippen molar-refractivity contribution in [3.8, 4) is 5.75 Å². The van der Waals surface area contributed by atoms with Gasteiger partial charge in [0.1, 0.15) is 11.8 Å². The zero-order valence-corrected chi connectivity index (χ0v) is 12.7. The topological polar surface area (TPSA) is 77.8 Å². The van der Waals surface area contributed by atoms with Crippen LogP contribution in [0.3, 0.4) is 0 Å². The molecule has 1 fully saturated rings. The highest BCUT2D eigenvalue weighted by atomic mass is 32.2. The second-order valence-electron chi connectivity index (χ2n) is 5.07. The Morgan fingerprint density at radius 2 is 2.00 bits per heavy atom. The first kappa shape index (κ1) is 15.7. The van der Waals surface area contributed by atoms with E-state index in [9.17, 15) is 19.8 Å². The van der Waals surface area contributed by atoms with Crippen molar-refractivity contribution in [3.05, 3.63) is 29.8 Å². The first-order valence-electron chi connectivity index (χ1n) is 6.96. The van der Waals surface area contributed by atoms with E-state index in [2.05, 4.69) is 0 Å². The number of carboxylic acids is 1. The van der Waals surface area contributed by atoms with Crippen molar-refractivity contribution in [2.24, 2.45) is 0 Å². The van der Waals surface area contributed by atoms with Crippen LogP contribution >= 0.6 is 11.8 Å². The number of hydrogen-bond donors (Lipinski definition) is 2. The summed E-state index contributed by atoms with van der Waals surface area (Å²) in [6.45, 7) is 2.03. The van der Waals surface area contributed by atoms with Crippen LogP contribution in [0.2, 0.25) is 0 Å². The molecule has 114 valence electrons. The molecule has 1 aliphatic rings. The highest BCUT2D eigenvalue weighted by Crippen LogP contribution is 2.32. The van der Waals surface area contributed by atoms with Crippen LogP contribution < -0.4 is 0 Å². The fraction of sp³-hybridized carbons (Fsp3) is 0.467. The van der Waals surface area contributed by atoms with E-state index in [1.54, 1.807) is 12.1 Å². The molecular formula is C15H19NO4S. The van der Waals surface area contributed by atoms with Gasteiger partial charge in [-0.1, -0.05) is 25.5 Å². The first-order chi connectivity index (χ1) is 10.0. The summed E-state index contributed by atoms with van der Waals surface area (Å²) in [5.74, 6) is -0.520. The fourth-order valence-corrected chi connectivity index (χ4v) is 3.97. The summed E-state index contributed by atoms with van der Waals surface area (Å²) in [4.78, 5) is 25.3. The minimum Gasteiger partial charge on any atom is -0.508 e. The van der Waals surface area contributed by atoms with Gasteiger partial charge < -0.3 is 15.1 Å². The summed E-state index contributed by atoms with van der Waals surface area (Å²) in [5.41, 5.74) is 0.772. The number of phenols is 1. The molecule has 1 amide bonds. The number of nitrogens with zero attached hydrogens (tertiary/aromatic N) is 1. The second kappa shape index (κ2) is 6.85. The quantitative estimate of drug-likeness (QED) is 0.871. The molecule has 0 saturated carbocycles. The van der Waals surface area contributed by atoms with Crippen molar-refractivity contribution in [2.75, 3.05) is 5.75 Å². The van der Waals surface area contributed by atoms with Gasteiger partial charge in [-0.2, -0.15) is 0 Å². The van der Waals surface area contributed by atoms with E-state index in [0.717, 1.165) is 18.4 Å². The molecule has 5 nitrogen and oxygen atoms in total. The molecule has 2 atom stereocenters. The average Bonchev–Trinajstić information content (AvgIpc) is 2.86. The van der Waals surface area contributed by atoms with Crippen molar-refractivity contribution in [3.63, 3.8) is 0 Å². The number of hydrogen-bond acceptors (Lipinski definition) is 4. The van der Waals surface area contributed by atoms with Crippen LogP contribution in [0.25, 0.3) is 0 Å². The van der Waals surface area contributed by atoms with Gasteiger partial charge >= 0.3 is 5.97 Å². The number of carboxylic acid groups (broad SMARTS) is 1. The van der Waals surface area contributed by atoms with E-state index >= 15 is 0 Å². The summed E-state index contributed by atoms with van der Waals surface area (Å²) in [6.07, 6.45) is 1.87. The van der Waals surface area contributed by atoms with Crippen LogP contribution in [0, 0.1) is 0 Å². The van der Waals surface area contributed by atoms with Gasteiger partial charge in [0.15, 0.2) is 0 Å². The number of aliphatic carboxylic acids is 1. The van der Waals surface area contributed by atoms with Crippen molar-refractivity contribution in [2.45, 2.75) is 37.6 Å². The van der Waals surface area contributed by atoms with Crippen LogP contribution in [-0.2, 0) is 16.0 Å². The summed E-state index contributed by atoms with van der Waals surface area (Å²) in [7, 11) is 0. The third-order valence-electron chi connectivity index (χ3n) is 3.49. The van der Waals surface area contributed by atoms with E-state index < -0.39 is 12.0 Å². The second-order valence-corrected chi connectivity index (χ2v) is 6.29. The molecule has 0 radical (unpaired) electrons. The van der Waals surface area contributed by atoms with Gasteiger partial charge in [0.05, 0.1) is 11.8 Å². The molecule has 1 saturated heterocycles. The Morgan fingerprint density at radius 1 is 1.33 bits per heavy atom. The molecule has 21 heavy (non-hydrogen) atoms. The molecule has 2 unspecified atom stereocenters. The molecule has 1 aliphatic heterocycles. The highest BCUT2D eigenvalue weighted by Gasteiger charge is 2.40. The van der Waals surface area contributed by atoms with Crippen LogP contribution in [-0.4, -0.2) is 44.2 Å². The fourth-order valence-electron chi connectivity index (χ4n) is 2.44. The van der Waals surface area contributed by atoms with Crippen LogP contribution in [0.15, 0.2) is 24.3 Å². The summed E-state index contributed by atoms with van der Waals surface area (Å²) in [5, 5.41) is 18.5. The summed E-state index contributed by atoms with van der Waals surface area (Å²) < 4.78 is 0. The van der Waals surface area contributed by atoms with Crippen molar-refractivity contribution >= 4 is 23.6 Å². The zero-order valence-electron chi connectivity index (χ0n) is 11.9. The minimum absolute atomic E-state index is 0.0549. The molecule has 1 heterocycles. The average molecular weight is 309 g/mol. The Morgan fingerprint density at radius 3 is 2.57 bits per heavy atom. The highest BCUT2D eigenvalue weighted by molar-refractivity contribution is 8.00. The molecule has 0 aliphatic carbocycles. The van der Waals surface area contributed by atoms with E-state index in [-0.39, 0.29) is 23.5 Å². The number of aromatic hydroxyl groups is 1. The van der Waals surface area contributed by atoms with Gasteiger partial charge in [0, 0.05) is 5.75 Å². The third kappa shape index (κ3) is 3.69. The first-order valence-corrected chi connectivity index (χ1v) is 8.01. The predicted octanol–water partition coefficient (Wildman–Crippen LogP) is 2.09.